The summed E-state index contributed by atoms with van der Waals surface area (Å²) < 4.78 is 42.6. The van der Waals surface area contributed by atoms with Crippen LogP contribution in [0.25, 0.3) is 0 Å². The first-order valence-electron chi connectivity index (χ1n) is 8.03. The Morgan fingerprint density at radius 2 is 1.63 bits per heavy atom. The average Bonchev–Trinajstić information content (AvgIpc) is 2.65. The summed E-state index contributed by atoms with van der Waals surface area (Å²) in [5, 5.41) is 2.41. The number of carbonyl (C=O) groups is 2. The van der Waals surface area contributed by atoms with Crippen LogP contribution in [0.2, 0.25) is 0 Å². The minimum atomic E-state index is -4.46. The number of nitrogens with zero attached hydrogens (tertiary/aromatic N) is 1. The highest BCUT2D eigenvalue weighted by Crippen LogP contribution is 2.29. The Hall–Kier alpha value is -3.03. The molecule has 0 bridgehead atoms. The van der Waals surface area contributed by atoms with Gasteiger partial charge >= 0.3 is 6.18 Å². The van der Waals surface area contributed by atoms with Crippen LogP contribution < -0.4 is 10.1 Å². The fourth-order valence-corrected chi connectivity index (χ4v) is 2.30. The van der Waals surface area contributed by atoms with Gasteiger partial charge in [-0.05, 0) is 42.0 Å². The smallest absolute Gasteiger partial charge is 0.416 e. The van der Waals surface area contributed by atoms with E-state index in [0.717, 1.165) is 29.8 Å². The maximum Gasteiger partial charge on any atom is 0.416 e. The molecule has 0 aliphatic carbocycles. The van der Waals surface area contributed by atoms with Crippen LogP contribution in [0.5, 0.6) is 5.75 Å². The van der Waals surface area contributed by atoms with Gasteiger partial charge in [0.05, 0.1) is 19.2 Å². The van der Waals surface area contributed by atoms with Crippen molar-refractivity contribution in [3.05, 3.63) is 65.2 Å². The summed E-state index contributed by atoms with van der Waals surface area (Å²) in [5.74, 6) is -0.238. The zero-order valence-electron chi connectivity index (χ0n) is 14.8. The first-order valence-corrected chi connectivity index (χ1v) is 8.03. The summed E-state index contributed by atoms with van der Waals surface area (Å²) in [6, 6.07) is 11.0. The minimum absolute atomic E-state index is 0.0496. The highest BCUT2D eigenvalue weighted by Gasteiger charge is 2.30. The molecule has 2 aromatic rings. The monoisotopic (exact) mass is 380 g/mol. The molecule has 0 saturated carbocycles. The topological polar surface area (TPSA) is 58.6 Å². The van der Waals surface area contributed by atoms with Crippen molar-refractivity contribution in [2.24, 2.45) is 0 Å². The van der Waals surface area contributed by atoms with Crippen LogP contribution in [0.1, 0.15) is 21.5 Å². The molecule has 2 aromatic carbocycles. The molecular formula is C19H19F3N2O3. The molecule has 1 N–H and O–H groups in total. The van der Waals surface area contributed by atoms with Gasteiger partial charge in [0.1, 0.15) is 5.75 Å². The summed E-state index contributed by atoms with van der Waals surface area (Å²) >= 11 is 0. The van der Waals surface area contributed by atoms with E-state index in [0.29, 0.717) is 12.3 Å². The van der Waals surface area contributed by atoms with Crippen molar-refractivity contribution in [2.45, 2.75) is 12.7 Å². The van der Waals surface area contributed by atoms with Crippen LogP contribution >= 0.6 is 0 Å². The average molecular weight is 380 g/mol. The molecular weight excluding hydrogens is 361 g/mol. The lowest BCUT2D eigenvalue weighted by Gasteiger charge is -2.18. The second kappa shape index (κ2) is 8.57. The van der Waals surface area contributed by atoms with E-state index >= 15 is 0 Å². The van der Waals surface area contributed by atoms with Crippen molar-refractivity contribution in [3.8, 4) is 5.75 Å². The molecule has 0 aliphatic rings. The number of ether oxygens (including phenoxy) is 1. The number of hydrogen-bond acceptors (Lipinski definition) is 3. The predicted octanol–water partition coefficient (Wildman–Crippen LogP) is 3.10. The van der Waals surface area contributed by atoms with Crippen molar-refractivity contribution in [2.75, 3.05) is 20.7 Å². The molecule has 0 spiro atoms. The SMILES string of the molecule is COc1ccc(CN(C)C(=O)CNC(=O)c2ccc(C(F)(F)F)cc2)cc1. The first-order chi connectivity index (χ1) is 12.7. The van der Waals surface area contributed by atoms with Gasteiger partial charge < -0.3 is 15.0 Å². The first kappa shape index (κ1) is 20.3. The molecule has 0 radical (unpaired) electrons. The van der Waals surface area contributed by atoms with Crippen LogP contribution in [-0.2, 0) is 17.5 Å². The molecule has 2 amide bonds. The Kier molecular flexibility index (Phi) is 6.44. The molecule has 5 nitrogen and oxygen atoms in total. The number of benzene rings is 2. The van der Waals surface area contributed by atoms with Gasteiger partial charge in [0.2, 0.25) is 5.91 Å². The van der Waals surface area contributed by atoms with Gasteiger partial charge in [0.25, 0.3) is 5.91 Å². The third-order valence-electron chi connectivity index (χ3n) is 3.88. The summed E-state index contributed by atoms with van der Waals surface area (Å²) in [7, 11) is 3.15. The lowest BCUT2D eigenvalue weighted by atomic mass is 10.1. The van der Waals surface area contributed by atoms with Gasteiger partial charge in [-0.25, -0.2) is 0 Å². The van der Waals surface area contributed by atoms with Crippen LogP contribution in [0, 0.1) is 0 Å². The molecule has 0 unspecified atom stereocenters. The Balaban J connectivity index is 1.87. The standard InChI is InChI=1S/C19H19F3N2O3/c1-24(12-13-3-9-16(27-2)10-4-13)17(25)11-23-18(26)14-5-7-15(8-6-14)19(20,21)22/h3-10H,11-12H2,1-2H3,(H,23,26). The lowest BCUT2D eigenvalue weighted by Crippen LogP contribution is -2.37. The highest BCUT2D eigenvalue weighted by atomic mass is 19.4. The number of methoxy groups -OCH3 is 1. The van der Waals surface area contributed by atoms with Crippen molar-refractivity contribution >= 4 is 11.8 Å². The quantitative estimate of drug-likeness (QED) is 0.838. The Labute approximate surface area is 154 Å². The molecule has 0 saturated heterocycles. The largest absolute Gasteiger partial charge is 0.497 e. The molecule has 27 heavy (non-hydrogen) atoms. The number of carbonyl (C=O) groups excluding carboxylic acids is 2. The Morgan fingerprint density at radius 1 is 1.04 bits per heavy atom. The van der Waals surface area contributed by atoms with E-state index in [-0.39, 0.29) is 18.0 Å². The second-order valence-corrected chi connectivity index (χ2v) is 5.86. The Bertz CT molecular complexity index is 787. The van der Waals surface area contributed by atoms with E-state index in [1.54, 1.807) is 26.3 Å². The van der Waals surface area contributed by atoms with E-state index in [9.17, 15) is 22.8 Å². The molecule has 0 atom stereocenters. The predicted molar refractivity (Wildman–Crippen MR) is 93.2 cm³/mol. The maximum absolute atomic E-state index is 12.5. The van der Waals surface area contributed by atoms with E-state index in [2.05, 4.69) is 5.32 Å². The van der Waals surface area contributed by atoms with Gasteiger partial charge in [0, 0.05) is 19.2 Å². The number of likely N-dealkylation sites (N-methyl/N-ethyl adjacent to an activating group) is 1. The Morgan fingerprint density at radius 3 is 2.15 bits per heavy atom. The fraction of sp³-hybridized carbons (Fsp3) is 0.263. The fourth-order valence-electron chi connectivity index (χ4n) is 2.30. The van der Waals surface area contributed by atoms with Crippen molar-refractivity contribution in [1.82, 2.24) is 10.2 Å². The second-order valence-electron chi connectivity index (χ2n) is 5.86. The van der Waals surface area contributed by atoms with E-state index in [1.807, 2.05) is 12.1 Å². The van der Waals surface area contributed by atoms with E-state index in [4.69, 9.17) is 4.74 Å². The van der Waals surface area contributed by atoms with Crippen LogP contribution in [0.15, 0.2) is 48.5 Å². The molecule has 0 aromatic heterocycles. The summed E-state index contributed by atoms with van der Waals surface area (Å²) in [5.41, 5.74) is 0.101. The van der Waals surface area contributed by atoms with E-state index in [1.165, 1.54) is 4.90 Å². The highest BCUT2D eigenvalue weighted by molar-refractivity contribution is 5.96. The van der Waals surface area contributed by atoms with Crippen molar-refractivity contribution in [3.63, 3.8) is 0 Å². The number of halogens is 3. The zero-order valence-corrected chi connectivity index (χ0v) is 14.8. The van der Waals surface area contributed by atoms with Gasteiger partial charge in [-0.2, -0.15) is 13.2 Å². The summed E-state index contributed by atoms with van der Waals surface area (Å²) in [6.45, 7) is 0.0888. The number of hydrogen-bond donors (Lipinski definition) is 1. The number of amides is 2. The van der Waals surface area contributed by atoms with Crippen molar-refractivity contribution in [1.29, 1.82) is 0 Å². The number of alkyl halides is 3. The van der Waals surface area contributed by atoms with Gasteiger partial charge in [0.15, 0.2) is 0 Å². The van der Waals surface area contributed by atoms with Gasteiger partial charge in [-0.3, -0.25) is 9.59 Å². The molecule has 2 rings (SSSR count). The molecule has 8 heteroatoms. The minimum Gasteiger partial charge on any atom is -0.497 e. The van der Waals surface area contributed by atoms with Gasteiger partial charge in [-0.1, -0.05) is 12.1 Å². The molecule has 144 valence electrons. The third-order valence-corrected chi connectivity index (χ3v) is 3.88. The van der Waals surface area contributed by atoms with Crippen molar-refractivity contribution < 1.29 is 27.5 Å². The van der Waals surface area contributed by atoms with E-state index < -0.39 is 17.6 Å². The summed E-state index contributed by atoms with van der Waals surface area (Å²) in [6.07, 6.45) is -4.46. The zero-order chi connectivity index (χ0) is 20.0. The van der Waals surface area contributed by atoms with Crippen LogP contribution in [0.4, 0.5) is 13.2 Å². The third kappa shape index (κ3) is 5.73. The lowest BCUT2D eigenvalue weighted by molar-refractivity contribution is -0.137. The summed E-state index contributed by atoms with van der Waals surface area (Å²) in [4.78, 5) is 25.6. The molecule has 0 heterocycles. The number of rotatable bonds is 6. The maximum atomic E-state index is 12.5. The molecule has 0 fully saturated rings. The number of nitrogens with one attached hydrogen (secondary N) is 1. The molecule has 0 aliphatic heterocycles. The van der Waals surface area contributed by atoms with Crippen LogP contribution in [0.3, 0.4) is 0 Å². The normalized spacial score (nSPS) is 11.0. The van der Waals surface area contributed by atoms with Gasteiger partial charge in [-0.15, -0.1) is 0 Å². The van der Waals surface area contributed by atoms with Crippen LogP contribution in [-0.4, -0.2) is 37.4 Å².